The van der Waals surface area contributed by atoms with E-state index in [4.69, 9.17) is 34.3 Å². The van der Waals surface area contributed by atoms with Crippen LogP contribution in [0, 0.1) is 5.92 Å². The van der Waals surface area contributed by atoms with E-state index in [1.807, 2.05) is 6.92 Å². The number of likely N-dealkylation sites (N-methyl/N-ethyl adjacent to an activating group) is 2. The number of hydrogen-bond acceptors (Lipinski definition) is 20. The van der Waals surface area contributed by atoms with Gasteiger partial charge in [-0.15, -0.1) is 0 Å². The molecule has 0 saturated heterocycles. The van der Waals surface area contributed by atoms with Crippen molar-refractivity contribution in [2.45, 2.75) is 204 Å². The molecule has 552 valence electrons. The maximum atomic E-state index is 14.2. The lowest BCUT2D eigenvalue weighted by molar-refractivity contribution is -0.152. The predicted octanol–water partition coefficient (Wildman–Crippen LogP) is 5.81. The normalized spacial score (nSPS) is 12.9. The van der Waals surface area contributed by atoms with Crippen LogP contribution in [-0.2, 0) is 94.9 Å². The quantitative estimate of drug-likeness (QED) is 0.0286. The molecule has 0 heterocycles. The van der Waals surface area contributed by atoms with Crippen molar-refractivity contribution in [3.05, 3.63) is 65.7 Å². The number of ketones is 4. The zero-order chi connectivity index (χ0) is 72.5. The second-order valence-corrected chi connectivity index (χ2v) is 25.5. The number of nitrogens with one attached hydrogen (secondary N) is 3. The van der Waals surface area contributed by atoms with Crippen LogP contribution >= 0.6 is 0 Å². The number of primary amides is 1. The molecule has 0 unspecified atom stereocenters. The minimum atomic E-state index is -4.83. The predicted molar refractivity (Wildman–Crippen MR) is 362 cm³/mol. The molecular weight excluding hydrogens is 1300 g/mol. The second kappa shape index (κ2) is 52.0. The molecule has 0 radical (unpaired) electrons. The third-order valence-electron chi connectivity index (χ3n) is 16.3. The first-order valence-electron chi connectivity index (χ1n) is 34.2. The number of ether oxygens (including phenoxy) is 4. The number of rotatable bonds is 63. The minimum absolute atomic E-state index is 0.0214. The van der Waals surface area contributed by atoms with E-state index in [0.29, 0.717) is 43.2 Å². The Morgan fingerprint density at radius 2 is 1.03 bits per heavy atom. The SMILES string of the molecule is CCCC[C@H](NCC(=O)[C@H](Cc1ccc(OS(=O)(=O)O)cc1)NCC(=O)COCCOCCCC(=O)COCCOCCNC(=O)CC[C@H](CC(=O)CCCCCCCCCCCCCCCCC(=O)O)C(=O)O)C(=O)N(C)[C@H](CC(=O)O)C(=O)N(C)[C@@H](Cc1ccccc1)C(N)=O. The van der Waals surface area contributed by atoms with Gasteiger partial charge >= 0.3 is 28.3 Å². The Kier molecular flexibility index (Phi) is 46.1. The highest BCUT2D eigenvalue weighted by Crippen LogP contribution is 2.20. The van der Waals surface area contributed by atoms with Gasteiger partial charge in [0.05, 0.1) is 70.5 Å². The average Bonchev–Trinajstić information content (AvgIpc) is 0.825. The van der Waals surface area contributed by atoms with Crippen LogP contribution in [0.5, 0.6) is 5.75 Å². The average molecular weight is 1410 g/mol. The van der Waals surface area contributed by atoms with Crippen LogP contribution in [0.4, 0.5) is 0 Å². The Bertz CT molecular complexity index is 2830. The number of Topliss-reactive ketones (excluding diaryl/α,β-unsaturated/α-hetero) is 4. The monoisotopic (exact) mass is 1400 g/mol. The number of amides is 4. The molecule has 98 heavy (non-hydrogen) atoms. The number of carboxylic acid groups (broad SMARTS) is 3. The third-order valence-corrected chi connectivity index (χ3v) is 16.7. The molecule has 4 amide bonds. The van der Waals surface area contributed by atoms with Gasteiger partial charge in [0.25, 0.3) is 0 Å². The molecule has 2 aromatic carbocycles. The molecule has 0 spiro atoms. The van der Waals surface area contributed by atoms with Gasteiger partial charge in [0.2, 0.25) is 23.6 Å². The number of benzene rings is 2. The van der Waals surface area contributed by atoms with Gasteiger partial charge in [-0.25, -0.2) is 0 Å². The molecule has 0 saturated carbocycles. The Labute approximate surface area is 576 Å². The van der Waals surface area contributed by atoms with Crippen LogP contribution < -0.4 is 25.9 Å². The molecule has 2 aromatic rings. The number of hydrogen-bond donors (Lipinski definition) is 8. The molecule has 2 rings (SSSR count). The summed E-state index contributed by atoms with van der Waals surface area (Å²) in [7, 11) is -2.27. The number of carboxylic acids is 3. The van der Waals surface area contributed by atoms with Crippen LogP contribution in [0.3, 0.4) is 0 Å². The minimum Gasteiger partial charge on any atom is -0.481 e. The molecule has 0 bridgehead atoms. The molecule has 0 aliphatic carbocycles. The fourth-order valence-electron chi connectivity index (χ4n) is 10.6. The van der Waals surface area contributed by atoms with E-state index in [1.165, 1.54) is 70.5 Å². The van der Waals surface area contributed by atoms with Gasteiger partial charge in [-0.1, -0.05) is 139 Å². The fraction of sp³-hybridized carbons (Fsp3) is 0.667. The molecule has 28 nitrogen and oxygen atoms in total. The van der Waals surface area contributed by atoms with Gasteiger partial charge in [0.15, 0.2) is 17.3 Å². The summed E-state index contributed by atoms with van der Waals surface area (Å²) in [6, 6.07) is 9.14. The molecule has 5 atom stereocenters. The smallest absolute Gasteiger partial charge is 0.446 e. The van der Waals surface area contributed by atoms with Crippen molar-refractivity contribution in [1.29, 1.82) is 0 Å². The summed E-state index contributed by atoms with van der Waals surface area (Å²) in [5, 5.41) is 36.8. The standard InChI is InChI=1S/C69H108N6O22S/c1-4-5-28-58(67(86)75(3)61(46-65(83)84)68(87)74(2)60(66(70)85)44-51-24-19-18-20-25-51)73-48-62(79)59(43-52-30-33-57(34-31-52)97-98(90,91)92)72-47-56(78)50-96-41-39-93-37-23-27-55(77)49-95-42-40-94-38-36-71-63(80)35-32-53(69(88)89)45-54(76)26-21-16-14-12-10-8-6-7-9-11-13-15-17-22-29-64(81)82/h18-20,24-25,30-31,33-34,53,58-61,72-73H,4-17,21-23,26-29,32,35-50H2,1-3H3,(H2,70,85)(H,71,80)(H,81,82)(H,83,84)(H,88,89)(H,90,91,92)/t53-,58+,59+,60+,61-/m1/s1. The van der Waals surface area contributed by atoms with Crippen LogP contribution in [0.25, 0.3) is 0 Å². The van der Waals surface area contributed by atoms with Crippen molar-refractivity contribution < 1.29 is 104 Å². The lowest BCUT2D eigenvalue weighted by Crippen LogP contribution is -2.58. The Balaban J connectivity index is 1.71. The zero-order valence-corrected chi connectivity index (χ0v) is 58.3. The number of carbonyl (C=O) groups excluding carboxylic acids is 8. The maximum Gasteiger partial charge on any atom is 0.446 e. The number of aliphatic carboxylic acids is 3. The van der Waals surface area contributed by atoms with E-state index in [-0.39, 0.29) is 141 Å². The third kappa shape index (κ3) is 42.0. The van der Waals surface area contributed by atoms with E-state index in [9.17, 15) is 71.4 Å². The first-order chi connectivity index (χ1) is 46.8. The van der Waals surface area contributed by atoms with E-state index in [2.05, 4.69) is 20.1 Å². The largest absolute Gasteiger partial charge is 0.481 e. The zero-order valence-electron chi connectivity index (χ0n) is 57.5. The van der Waals surface area contributed by atoms with Gasteiger partial charge in [-0.3, -0.25) is 62.6 Å². The molecule has 0 aliphatic rings. The highest BCUT2D eigenvalue weighted by molar-refractivity contribution is 7.81. The summed E-state index contributed by atoms with van der Waals surface area (Å²) >= 11 is 0. The van der Waals surface area contributed by atoms with Crippen LogP contribution in [-0.4, -0.2) is 214 Å². The molecule has 0 aromatic heterocycles. The summed E-state index contributed by atoms with van der Waals surface area (Å²) < 4.78 is 58.1. The van der Waals surface area contributed by atoms with Gasteiger partial charge < -0.3 is 64.6 Å². The Hall–Kier alpha value is -7.12. The molecular formula is C69H108N6O22S. The second-order valence-electron chi connectivity index (χ2n) is 24.5. The van der Waals surface area contributed by atoms with E-state index in [1.54, 1.807) is 30.3 Å². The van der Waals surface area contributed by atoms with Crippen LogP contribution in [0.15, 0.2) is 54.6 Å². The van der Waals surface area contributed by atoms with Crippen molar-refractivity contribution >= 4 is 75.1 Å². The molecule has 29 heteroatoms. The highest BCUT2D eigenvalue weighted by atomic mass is 32.3. The Morgan fingerprint density at radius 3 is 1.58 bits per heavy atom. The van der Waals surface area contributed by atoms with Crippen molar-refractivity contribution in [2.75, 3.05) is 86.6 Å². The van der Waals surface area contributed by atoms with Gasteiger partial charge in [-0.2, -0.15) is 8.42 Å². The number of unbranched alkanes of at least 4 members (excludes halogenated alkanes) is 14. The topological polar surface area (TPSA) is 418 Å². The van der Waals surface area contributed by atoms with Crippen molar-refractivity contribution in [3.63, 3.8) is 0 Å². The first kappa shape index (κ1) is 87.0. The van der Waals surface area contributed by atoms with Crippen LogP contribution in [0.2, 0.25) is 0 Å². The first-order valence-corrected chi connectivity index (χ1v) is 35.6. The van der Waals surface area contributed by atoms with Crippen molar-refractivity contribution in [2.24, 2.45) is 11.7 Å². The summed E-state index contributed by atoms with van der Waals surface area (Å²) in [6.07, 6.45) is 16.4. The number of nitrogens with zero attached hydrogens (tertiary/aromatic N) is 2. The summed E-state index contributed by atoms with van der Waals surface area (Å²) in [6.45, 7) is 1.52. The van der Waals surface area contributed by atoms with Crippen LogP contribution in [0.1, 0.15) is 179 Å². The maximum absolute atomic E-state index is 14.2. The van der Waals surface area contributed by atoms with Gasteiger partial charge in [0.1, 0.15) is 36.8 Å². The van der Waals surface area contributed by atoms with E-state index >= 15 is 0 Å². The molecule has 0 fully saturated rings. The summed E-state index contributed by atoms with van der Waals surface area (Å²) in [5.74, 6) is -8.39. The van der Waals surface area contributed by atoms with Gasteiger partial charge in [-0.05, 0) is 61.8 Å². The molecule has 0 aliphatic heterocycles. The Morgan fingerprint density at radius 1 is 0.510 bits per heavy atom. The van der Waals surface area contributed by atoms with Gasteiger partial charge in [0, 0.05) is 65.8 Å². The summed E-state index contributed by atoms with van der Waals surface area (Å²) in [5.41, 5.74) is 6.87. The number of nitrogens with two attached hydrogens (primary N) is 1. The van der Waals surface area contributed by atoms with E-state index in [0.717, 1.165) is 61.2 Å². The lowest BCUT2D eigenvalue weighted by atomic mass is 9.94. The highest BCUT2D eigenvalue weighted by Gasteiger charge is 2.38. The summed E-state index contributed by atoms with van der Waals surface area (Å²) in [4.78, 5) is 142. The number of carbonyl (C=O) groups is 11. The van der Waals surface area contributed by atoms with Crippen molar-refractivity contribution in [3.8, 4) is 5.75 Å². The lowest BCUT2D eigenvalue weighted by Gasteiger charge is -2.35. The fourth-order valence-corrected chi connectivity index (χ4v) is 11.0. The van der Waals surface area contributed by atoms with Crippen molar-refractivity contribution in [1.82, 2.24) is 25.8 Å². The molecule has 9 N–H and O–H groups in total. The van der Waals surface area contributed by atoms with E-state index < -0.39 is 101 Å².